The first-order valence-corrected chi connectivity index (χ1v) is 8.16. The van der Waals surface area contributed by atoms with Gasteiger partial charge in [0.1, 0.15) is 4.90 Å². The van der Waals surface area contributed by atoms with E-state index in [-0.39, 0.29) is 18.4 Å². The lowest BCUT2D eigenvalue weighted by Crippen LogP contribution is -2.32. The summed E-state index contributed by atoms with van der Waals surface area (Å²) in [5, 5.41) is 0.785. The summed E-state index contributed by atoms with van der Waals surface area (Å²) < 4.78 is 29.2. The van der Waals surface area contributed by atoms with E-state index in [1.807, 2.05) is 42.8 Å². The van der Waals surface area contributed by atoms with Crippen LogP contribution in [0, 0.1) is 6.92 Å². The molecule has 2 N–H and O–H groups in total. The van der Waals surface area contributed by atoms with Gasteiger partial charge < -0.3 is 10.3 Å². The van der Waals surface area contributed by atoms with Crippen LogP contribution in [0.1, 0.15) is 12.1 Å². The molecule has 7 heteroatoms. The van der Waals surface area contributed by atoms with Gasteiger partial charge in [-0.25, -0.2) is 8.42 Å². The lowest BCUT2D eigenvalue weighted by atomic mass is 10.2. The van der Waals surface area contributed by atoms with Gasteiger partial charge >= 0.3 is 0 Å². The number of sulfonamides is 1. The monoisotopic (exact) mass is 329 g/mol. The van der Waals surface area contributed by atoms with E-state index in [0.717, 1.165) is 23.0 Å². The highest BCUT2D eigenvalue weighted by Gasteiger charge is 2.34. The fourth-order valence-electron chi connectivity index (χ4n) is 2.91. The van der Waals surface area contributed by atoms with Crippen molar-refractivity contribution in [1.82, 2.24) is 8.87 Å². The third kappa shape index (κ3) is 2.46. The summed E-state index contributed by atoms with van der Waals surface area (Å²) in [6, 6.07) is 7.54. The summed E-state index contributed by atoms with van der Waals surface area (Å²) in [5.74, 6) is 0. The summed E-state index contributed by atoms with van der Waals surface area (Å²) >= 11 is 0. The second kappa shape index (κ2) is 5.61. The van der Waals surface area contributed by atoms with Gasteiger partial charge in [0.25, 0.3) is 0 Å². The molecule has 2 aromatic rings. The number of rotatable bonds is 2. The zero-order valence-electron chi connectivity index (χ0n) is 12.1. The second-order valence-electron chi connectivity index (χ2n) is 5.40. The average molecular weight is 330 g/mol. The Kier molecular flexibility index (Phi) is 4.35. The van der Waals surface area contributed by atoms with Crippen molar-refractivity contribution in [2.24, 2.45) is 12.8 Å². The smallest absolute Gasteiger partial charge is 0.245 e. The molecule has 1 fully saturated rings. The van der Waals surface area contributed by atoms with Crippen molar-refractivity contribution >= 4 is 33.3 Å². The molecule has 1 aromatic carbocycles. The maximum Gasteiger partial charge on any atom is 0.245 e. The van der Waals surface area contributed by atoms with Crippen molar-refractivity contribution in [3.63, 3.8) is 0 Å². The number of hydrogen-bond acceptors (Lipinski definition) is 3. The molecule has 21 heavy (non-hydrogen) atoms. The Balaban J connectivity index is 0.00000161. The van der Waals surface area contributed by atoms with Gasteiger partial charge in [-0.1, -0.05) is 18.2 Å². The Bertz CT molecular complexity index is 770. The van der Waals surface area contributed by atoms with Crippen molar-refractivity contribution in [2.75, 3.05) is 13.1 Å². The van der Waals surface area contributed by atoms with Crippen LogP contribution in [0.15, 0.2) is 29.2 Å². The molecule has 0 amide bonds. The minimum Gasteiger partial charge on any atom is -0.347 e. The summed E-state index contributed by atoms with van der Waals surface area (Å²) in [7, 11) is -1.58. The quantitative estimate of drug-likeness (QED) is 0.910. The molecule has 3 rings (SSSR count). The van der Waals surface area contributed by atoms with E-state index < -0.39 is 10.0 Å². The number of aromatic nitrogens is 1. The molecule has 0 saturated carbocycles. The predicted molar refractivity (Wildman–Crippen MR) is 86.3 cm³/mol. The van der Waals surface area contributed by atoms with Crippen molar-refractivity contribution in [3.8, 4) is 0 Å². The molecule has 2 heterocycles. The van der Waals surface area contributed by atoms with Gasteiger partial charge in [-0.05, 0) is 19.4 Å². The van der Waals surface area contributed by atoms with Crippen LogP contribution >= 0.6 is 12.4 Å². The molecule has 0 unspecified atom stereocenters. The minimum absolute atomic E-state index is 0. The molecular formula is C14H20ClN3O2S. The molecule has 1 saturated heterocycles. The zero-order chi connectivity index (χ0) is 14.5. The highest BCUT2D eigenvalue weighted by Crippen LogP contribution is 2.32. The molecule has 0 bridgehead atoms. The normalized spacial score (nSPS) is 19.9. The average Bonchev–Trinajstić information content (AvgIpc) is 2.95. The number of fused-ring (bicyclic) bond motifs is 1. The van der Waals surface area contributed by atoms with E-state index in [1.54, 1.807) is 0 Å². The lowest BCUT2D eigenvalue weighted by molar-refractivity contribution is 0.472. The molecule has 0 spiro atoms. The lowest BCUT2D eigenvalue weighted by Gasteiger charge is -2.16. The summed E-state index contributed by atoms with van der Waals surface area (Å²) in [4.78, 5) is 0.421. The Morgan fingerprint density at radius 3 is 2.57 bits per heavy atom. The van der Waals surface area contributed by atoms with Gasteiger partial charge in [-0.3, -0.25) is 0 Å². The Morgan fingerprint density at radius 2 is 1.95 bits per heavy atom. The van der Waals surface area contributed by atoms with Crippen LogP contribution < -0.4 is 5.73 Å². The first-order valence-electron chi connectivity index (χ1n) is 6.72. The van der Waals surface area contributed by atoms with Gasteiger partial charge in [-0.2, -0.15) is 4.31 Å². The molecule has 1 atom stereocenters. The number of nitrogens with zero attached hydrogens (tertiary/aromatic N) is 2. The van der Waals surface area contributed by atoms with Crippen LogP contribution in [-0.2, 0) is 17.1 Å². The topological polar surface area (TPSA) is 68.3 Å². The molecule has 1 aromatic heterocycles. The Hall–Kier alpha value is -1.08. The van der Waals surface area contributed by atoms with Gasteiger partial charge in [-0.15, -0.1) is 12.4 Å². The number of nitrogens with two attached hydrogens (primary N) is 1. The molecule has 5 nitrogen and oxygen atoms in total. The van der Waals surface area contributed by atoms with Crippen LogP contribution in [0.5, 0.6) is 0 Å². The number of para-hydroxylation sites is 1. The number of aryl methyl sites for hydroxylation is 1. The fraction of sp³-hybridized carbons (Fsp3) is 0.429. The number of benzene rings is 1. The van der Waals surface area contributed by atoms with Crippen LogP contribution in [0.4, 0.5) is 0 Å². The summed E-state index contributed by atoms with van der Waals surface area (Å²) in [6.45, 7) is 2.76. The maximum absolute atomic E-state index is 12.9. The van der Waals surface area contributed by atoms with Gasteiger partial charge in [0.05, 0.1) is 0 Å². The van der Waals surface area contributed by atoms with E-state index >= 15 is 0 Å². The van der Waals surface area contributed by atoms with E-state index in [9.17, 15) is 8.42 Å². The SMILES string of the molecule is Cc1c(S(=O)(=O)N2CC[C@H](N)C2)c2ccccc2n1C.Cl. The number of hydrogen-bond donors (Lipinski definition) is 1. The van der Waals surface area contributed by atoms with Crippen LogP contribution in [0.2, 0.25) is 0 Å². The van der Waals surface area contributed by atoms with Crippen LogP contribution in [0.25, 0.3) is 10.9 Å². The maximum atomic E-state index is 12.9. The van der Waals surface area contributed by atoms with E-state index in [0.29, 0.717) is 18.0 Å². The summed E-state index contributed by atoms with van der Waals surface area (Å²) in [6.07, 6.45) is 0.725. The third-order valence-electron chi connectivity index (χ3n) is 4.13. The van der Waals surface area contributed by atoms with Gasteiger partial charge in [0.2, 0.25) is 10.0 Å². The predicted octanol–water partition coefficient (Wildman–Crippen LogP) is 1.63. The van der Waals surface area contributed by atoms with Crippen molar-refractivity contribution < 1.29 is 8.42 Å². The molecular weight excluding hydrogens is 310 g/mol. The summed E-state index contributed by atoms with van der Waals surface area (Å²) in [5.41, 5.74) is 7.55. The molecule has 0 radical (unpaired) electrons. The third-order valence-corrected chi connectivity index (χ3v) is 6.17. The van der Waals surface area contributed by atoms with E-state index in [2.05, 4.69) is 0 Å². The van der Waals surface area contributed by atoms with Gasteiger partial charge in [0, 0.05) is 42.8 Å². The Labute approximate surface area is 131 Å². The van der Waals surface area contributed by atoms with E-state index in [4.69, 9.17) is 5.73 Å². The highest BCUT2D eigenvalue weighted by atomic mass is 35.5. The Morgan fingerprint density at radius 1 is 1.29 bits per heavy atom. The van der Waals surface area contributed by atoms with Crippen LogP contribution in [-0.4, -0.2) is 36.4 Å². The number of halogens is 1. The van der Waals surface area contributed by atoms with E-state index in [1.165, 1.54) is 4.31 Å². The fourth-order valence-corrected chi connectivity index (χ4v) is 4.87. The van der Waals surface area contributed by atoms with Gasteiger partial charge in [0.15, 0.2) is 0 Å². The molecule has 1 aliphatic heterocycles. The first kappa shape index (κ1) is 16.3. The minimum atomic E-state index is -3.48. The zero-order valence-corrected chi connectivity index (χ0v) is 13.7. The van der Waals surface area contributed by atoms with Crippen molar-refractivity contribution in [1.29, 1.82) is 0 Å². The van der Waals surface area contributed by atoms with Crippen molar-refractivity contribution in [3.05, 3.63) is 30.0 Å². The second-order valence-corrected chi connectivity index (χ2v) is 7.28. The van der Waals surface area contributed by atoms with Crippen molar-refractivity contribution in [2.45, 2.75) is 24.3 Å². The highest BCUT2D eigenvalue weighted by molar-refractivity contribution is 7.89. The largest absolute Gasteiger partial charge is 0.347 e. The standard InChI is InChI=1S/C14H19N3O2S.ClH/c1-10-14(12-5-3-4-6-13(12)16(10)2)20(18,19)17-8-7-11(15)9-17;/h3-6,11H,7-9,15H2,1-2H3;1H/t11-;/m0./s1. The van der Waals surface area contributed by atoms with Crippen LogP contribution in [0.3, 0.4) is 0 Å². The first-order chi connectivity index (χ1) is 9.43. The molecule has 1 aliphatic rings. The molecule has 116 valence electrons. The molecule has 0 aliphatic carbocycles.